The smallest absolute Gasteiger partial charge is 0.211 e. The second-order valence-corrected chi connectivity index (χ2v) is 5.63. The van der Waals surface area contributed by atoms with Crippen LogP contribution in [0.25, 0.3) is 0 Å². The van der Waals surface area contributed by atoms with Gasteiger partial charge >= 0.3 is 0 Å². The minimum Gasteiger partial charge on any atom is -0.375 e. The molecule has 0 radical (unpaired) electrons. The maximum Gasteiger partial charge on any atom is 0.211 e. The van der Waals surface area contributed by atoms with E-state index in [2.05, 4.69) is 4.72 Å². The van der Waals surface area contributed by atoms with Gasteiger partial charge in [0.05, 0.1) is 11.9 Å². The monoisotopic (exact) mass is 261 g/mol. The highest BCUT2D eigenvalue weighted by atomic mass is 32.2. The molecule has 17 heavy (non-hydrogen) atoms. The molecular weight excluding hydrogens is 245 g/mol. The Morgan fingerprint density at radius 3 is 2.71 bits per heavy atom. The van der Waals surface area contributed by atoms with Gasteiger partial charge in [-0.25, -0.2) is 17.5 Å². The Balaban J connectivity index is 2.73. The zero-order valence-electron chi connectivity index (χ0n) is 9.81. The van der Waals surface area contributed by atoms with Gasteiger partial charge < -0.3 is 4.74 Å². The molecular formula is C11H16FNO3S. The van der Waals surface area contributed by atoms with Gasteiger partial charge in [-0.2, -0.15) is 0 Å². The number of hydrogen-bond donors (Lipinski definition) is 1. The third kappa shape index (κ3) is 4.41. The summed E-state index contributed by atoms with van der Waals surface area (Å²) in [5, 5.41) is 0. The Morgan fingerprint density at radius 2 is 2.18 bits per heavy atom. The van der Waals surface area contributed by atoms with Crippen molar-refractivity contribution in [3.05, 3.63) is 35.6 Å². The predicted octanol–water partition coefficient (Wildman–Crippen LogP) is 1.45. The number of rotatable bonds is 6. The van der Waals surface area contributed by atoms with Crippen LogP contribution in [0.3, 0.4) is 0 Å². The normalized spacial score (nSPS) is 13.6. The molecule has 0 aromatic heterocycles. The molecule has 0 aliphatic rings. The Morgan fingerprint density at radius 1 is 1.47 bits per heavy atom. The lowest BCUT2D eigenvalue weighted by molar-refractivity contribution is 0.107. The van der Waals surface area contributed by atoms with Gasteiger partial charge in [-0.05, 0) is 24.6 Å². The number of hydrogen-bond acceptors (Lipinski definition) is 3. The first kappa shape index (κ1) is 14.1. The van der Waals surface area contributed by atoms with Gasteiger partial charge in [-0.15, -0.1) is 0 Å². The molecule has 0 saturated heterocycles. The molecule has 1 aromatic rings. The molecule has 0 bridgehead atoms. The summed E-state index contributed by atoms with van der Waals surface area (Å²) in [5.74, 6) is -0.366. The molecule has 4 nitrogen and oxygen atoms in total. The molecule has 1 N–H and O–H groups in total. The van der Waals surface area contributed by atoms with Gasteiger partial charge in [0.2, 0.25) is 10.0 Å². The second kappa shape index (κ2) is 6.09. The molecule has 0 aliphatic carbocycles. The molecule has 1 aromatic carbocycles. The number of methoxy groups -OCH3 is 1. The van der Waals surface area contributed by atoms with E-state index in [1.54, 1.807) is 19.1 Å². The third-order valence-electron chi connectivity index (χ3n) is 2.37. The van der Waals surface area contributed by atoms with E-state index in [4.69, 9.17) is 4.74 Å². The number of nitrogens with one attached hydrogen (secondary N) is 1. The topological polar surface area (TPSA) is 55.4 Å². The fourth-order valence-corrected chi connectivity index (χ4v) is 1.96. The first-order chi connectivity index (χ1) is 7.98. The van der Waals surface area contributed by atoms with Crippen LogP contribution in [0, 0.1) is 5.82 Å². The average Bonchev–Trinajstić information content (AvgIpc) is 2.30. The Labute approximate surface area is 101 Å². The SMILES string of the molecule is CCS(=O)(=O)NCC(OC)c1cccc(F)c1. The predicted molar refractivity (Wildman–Crippen MR) is 63.6 cm³/mol. The lowest BCUT2D eigenvalue weighted by Gasteiger charge is -2.16. The summed E-state index contributed by atoms with van der Waals surface area (Å²) < 4.78 is 43.1. The average molecular weight is 261 g/mol. The molecule has 0 heterocycles. The van der Waals surface area contributed by atoms with Crippen LogP contribution in [-0.2, 0) is 14.8 Å². The maximum absolute atomic E-state index is 13.0. The second-order valence-electron chi connectivity index (χ2n) is 3.53. The van der Waals surface area contributed by atoms with E-state index in [0.717, 1.165) is 0 Å². The van der Waals surface area contributed by atoms with Gasteiger partial charge in [-0.3, -0.25) is 0 Å². The van der Waals surface area contributed by atoms with Crippen molar-refractivity contribution in [2.45, 2.75) is 13.0 Å². The summed E-state index contributed by atoms with van der Waals surface area (Å²) in [6.07, 6.45) is -0.493. The minimum absolute atomic E-state index is 0.00653. The zero-order chi connectivity index (χ0) is 12.9. The number of benzene rings is 1. The van der Waals surface area contributed by atoms with E-state index in [0.29, 0.717) is 5.56 Å². The van der Waals surface area contributed by atoms with Crippen LogP contribution < -0.4 is 4.72 Å². The van der Waals surface area contributed by atoms with Crippen molar-refractivity contribution in [2.75, 3.05) is 19.4 Å². The van der Waals surface area contributed by atoms with E-state index in [9.17, 15) is 12.8 Å². The van der Waals surface area contributed by atoms with Crippen LogP contribution in [0.1, 0.15) is 18.6 Å². The van der Waals surface area contributed by atoms with Gasteiger partial charge in [0, 0.05) is 13.7 Å². The van der Waals surface area contributed by atoms with Gasteiger partial charge in [0.1, 0.15) is 5.82 Å². The Hall–Kier alpha value is -0.980. The standard InChI is InChI=1S/C11H16FNO3S/c1-3-17(14,15)13-8-11(16-2)9-5-4-6-10(12)7-9/h4-7,11,13H,3,8H2,1-2H3. The van der Waals surface area contributed by atoms with Crippen LogP contribution in [0.2, 0.25) is 0 Å². The summed E-state index contributed by atoms with van der Waals surface area (Å²) in [6.45, 7) is 1.64. The van der Waals surface area contributed by atoms with E-state index < -0.39 is 16.1 Å². The Bertz CT molecular complexity index is 462. The highest BCUT2D eigenvalue weighted by Crippen LogP contribution is 2.16. The minimum atomic E-state index is -3.27. The lowest BCUT2D eigenvalue weighted by atomic mass is 10.1. The number of ether oxygens (including phenoxy) is 1. The molecule has 0 spiro atoms. The zero-order valence-corrected chi connectivity index (χ0v) is 10.6. The van der Waals surface area contributed by atoms with Gasteiger partial charge in [-0.1, -0.05) is 12.1 Å². The number of halogens is 1. The summed E-state index contributed by atoms with van der Waals surface area (Å²) in [6, 6.07) is 5.91. The fourth-order valence-electron chi connectivity index (χ4n) is 1.35. The molecule has 0 amide bonds. The van der Waals surface area contributed by atoms with Crippen LogP contribution in [0.4, 0.5) is 4.39 Å². The van der Waals surface area contributed by atoms with Crippen molar-refractivity contribution in [1.29, 1.82) is 0 Å². The summed E-state index contributed by atoms with van der Waals surface area (Å²) in [5.41, 5.74) is 0.603. The summed E-state index contributed by atoms with van der Waals surface area (Å²) in [4.78, 5) is 0. The maximum atomic E-state index is 13.0. The molecule has 0 saturated carbocycles. The Kier molecular flexibility index (Phi) is 5.04. The quantitative estimate of drug-likeness (QED) is 0.843. The summed E-state index contributed by atoms with van der Waals surface area (Å²) >= 11 is 0. The van der Waals surface area contributed by atoms with Crippen LogP contribution in [0.15, 0.2) is 24.3 Å². The highest BCUT2D eigenvalue weighted by Gasteiger charge is 2.14. The van der Waals surface area contributed by atoms with Crippen LogP contribution in [-0.4, -0.2) is 27.8 Å². The summed E-state index contributed by atoms with van der Waals surface area (Å²) in [7, 11) is -1.81. The van der Waals surface area contributed by atoms with Crippen molar-refractivity contribution in [3.8, 4) is 0 Å². The van der Waals surface area contributed by atoms with Crippen molar-refractivity contribution in [1.82, 2.24) is 4.72 Å². The highest BCUT2D eigenvalue weighted by molar-refractivity contribution is 7.89. The third-order valence-corrected chi connectivity index (χ3v) is 3.74. The molecule has 1 rings (SSSR count). The largest absolute Gasteiger partial charge is 0.375 e. The van der Waals surface area contributed by atoms with E-state index >= 15 is 0 Å². The number of sulfonamides is 1. The molecule has 1 unspecified atom stereocenters. The molecule has 0 fully saturated rings. The first-order valence-corrected chi connectivity index (χ1v) is 6.89. The van der Waals surface area contributed by atoms with Crippen molar-refractivity contribution in [3.63, 3.8) is 0 Å². The van der Waals surface area contributed by atoms with E-state index in [1.165, 1.54) is 19.2 Å². The van der Waals surface area contributed by atoms with Crippen molar-refractivity contribution >= 4 is 10.0 Å². The molecule has 96 valence electrons. The molecule has 6 heteroatoms. The fraction of sp³-hybridized carbons (Fsp3) is 0.455. The van der Waals surface area contributed by atoms with Crippen LogP contribution in [0.5, 0.6) is 0 Å². The van der Waals surface area contributed by atoms with Gasteiger partial charge in [0.25, 0.3) is 0 Å². The van der Waals surface area contributed by atoms with Crippen molar-refractivity contribution in [2.24, 2.45) is 0 Å². The van der Waals surface area contributed by atoms with Crippen molar-refractivity contribution < 1.29 is 17.5 Å². The van der Waals surface area contributed by atoms with Crippen LogP contribution >= 0.6 is 0 Å². The first-order valence-electron chi connectivity index (χ1n) is 5.24. The van der Waals surface area contributed by atoms with Gasteiger partial charge in [0.15, 0.2) is 0 Å². The lowest BCUT2D eigenvalue weighted by Crippen LogP contribution is -2.30. The van der Waals surface area contributed by atoms with E-state index in [1.807, 2.05) is 0 Å². The molecule has 1 atom stereocenters. The van der Waals surface area contributed by atoms with E-state index in [-0.39, 0.29) is 18.1 Å². The molecule has 0 aliphatic heterocycles.